The SMILES string of the molecule is CN(CCOc1ccc(Cl)cc1)C(=O)/C=C/c1cccc([N+](=O)[O-])c1. The number of hydrogen-bond donors (Lipinski definition) is 0. The van der Waals surface area contributed by atoms with Crippen LogP contribution in [0.1, 0.15) is 5.56 Å². The lowest BCUT2D eigenvalue weighted by atomic mass is 10.2. The van der Waals surface area contributed by atoms with E-state index >= 15 is 0 Å². The summed E-state index contributed by atoms with van der Waals surface area (Å²) >= 11 is 5.80. The predicted molar refractivity (Wildman–Crippen MR) is 96.7 cm³/mol. The van der Waals surface area contributed by atoms with Crippen molar-refractivity contribution in [3.05, 3.63) is 75.3 Å². The van der Waals surface area contributed by atoms with Crippen LogP contribution in [0.15, 0.2) is 54.6 Å². The predicted octanol–water partition coefficient (Wildman–Crippen LogP) is 3.80. The highest BCUT2D eigenvalue weighted by atomic mass is 35.5. The van der Waals surface area contributed by atoms with Gasteiger partial charge < -0.3 is 9.64 Å². The average Bonchev–Trinajstić information content (AvgIpc) is 2.61. The Balaban J connectivity index is 1.84. The van der Waals surface area contributed by atoms with Crippen molar-refractivity contribution in [3.8, 4) is 5.75 Å². The normalized spacial score (nSPS) is 10.6. The molecule has 0 bridgehead atoms. The van der Waals surface area contributed by atoms with Gasteiger partial charge in [-0.25, -0.2) is 0 Å². The van der Waals surface area contributed by atoms with Crippen LogP contribution in [0, 0.1) is 10.1 Å². The lowest BCUT2D eigenvalue weighted by molar-refractivity contribution is -0.384. The maximum Gasteiger partial charge on any atom is 0.270 e. The van der Waals surface area contributed by atoms with E-state index in [1.54, 1.807) is 49.5 Å². The monoisotopic (exact) mass is 360 g/mol. The quantitative estimate of drug-likeness (QED) is 0.427. The van der Waals surface area contributed by atoms with Crippen LogP contribution >= 0.6 is 11.6 Å². The third-order valence-electron chi connectivity index (χ3n) is 3.38. The van der Waals surface area contributed by atoms with E-state index in [1.165, 1.54) is 23.1 Å². The topological polar surface area (TPSA) is 72.7 Å². The van der Waals surface area contributed by atoms with Gasteiger partial charge in [-0.05, 0) is 35.9 Å². The van der Waals surface area contributed by atoms with Crippen molar-refractivity contribution in [1.29, 1.82) is 0 Å². The number of nitro groups is 1. The molecule has 2 aromatic carbocycles. The van der Waals surface area contributed by atoms with Crippen LogP contribution in [0.2, 0.25) is 5.02 Å². The highest BCUT2D eigenvalue weighted by Gasteiger charge is 2.07. The standard InChI is InChI=1S/C18H17ClN2O4/c1-20(11-12-25-17-8-6-15(19)7-9-17)18(22)10-5-14-3-2-4-16(13-14)21(23)24/h2-10,13H,11-12H2,1H3/b10-5+. The van der Waals surface area contributed by atoms with E-state index < -0.39 is 4.92 Å². The molecule has 2 rings (SSSR count). The number of ether oxygens (including phenoxy) is 1. The number of non-ortho nitro benzene ring substituents is 1. The molecule has 0 fully saturated rings. The zero-order valence-electron chi connectivity index (χ0n) is 13.6. The van der Waals surface area contributed by atoms with Gasteiger partial charge in [0, 0.05) is 30.3 Å². The average molecular weight is 361 g/mol. The van der Waals surface area contributed by atoms with E-state index in [0.29, 0.717) is 29.5 Å². The lowest BCUT2D eigenvalue weighted by Crippen LogP contribution is -2.29. The van der Waals surface area contributed by atoms with Crippen molar-refractivity contribution in [2.24, 2.45) is 0 Å². The van der Waals surface area contributed by atoms with Gasteiger partial charge in [0.1, 0.15) is 12.4 Å². The third kappa shape index (κ3) is 5.93. The first-order chi connectivity index (χ1) is 12.0. The van der Waals surface area contributed by atoms with Gasteiger partial charge >= 0.3 is 0 Å². The summed E-state index contributed by atoms with van der Waals surface area (Å²) in [5, 5.41) is 11.4. The summed E-state index contributed by atoms with van der Waals surface area (Å²) < 4.78 is 5.54. The van der Waals surface area contributed by atoms with Crippen molar-refractivity contribution >= 4 is 29.3 Å². The van der Waals surface area contributed by atoms with E-state index in [9.17, 15) is 14.9 Å². The van der Waals surface area contributed by atoms with Crippen molar-refractivity contribution in [3.63, 3.8) is 0 Å². The highest BCUT2D eigenvalue weighted by Crippen LogP contribution is 2.16. The van der Waals surface area contributed by atoms with Gasteiger partial charge in [0.25, 0.3) is 5.69 Å². The summed E-state index contributed by atoms with van der Waals surface area (Å²) in [5.74, 6) is 0.462. The maximum atomic E-state index is 12.1. The molecule has 0 saturated carbocycles. The summed E-state index contributed by atoms with van der Waals surface area (Å²) in [5.41, 5.74) is 0.577. The molecule has 0 unspecified atom stereocenters. The number of carbonyl (C=O) groups is 1. The minimum absolute atomic E-state index is 0.0145. The van der Waals surface area contributed by atoms with Crippen molar-refractivity contribution in [2.45, 2.75) is 0 Å². The van der Waals surface area contributed by atoms with Gasteiger partial charge in [-0.3, -0.25) is 14.9 Å². The van der Waals surface area contributed by atoms with Gasteiger partial charge in [-0.15, -0.1) is 0 Å². The van der Waals surface area contributed by atoms with Gasteiger partial charge in [-0.1, -0.05) is 23.7 Å². The van der Waals surface area contributed by atoms with E-state index in [-0.39, 0.29) is 11.6 Å². The van der Waals surface area contributed by atoms with E-state index in [1.807, 2.05) is 0 Å². The van der Waals surface area contributed by atoms with Gasteiger partial charge in [0.2, 0.25) is 5.91 Å². The minimum Gasteiger partial charge on any atom is -0.492 e. The Bertz CT molecular complexity index is 775. The molecule has 0 N–H and O–H groups in total. The molecule has 0 radical (unpaired) electrons. The fraction of sp³-hybridized carbons (Fsp3) is 0.167. The number of amides is 1. The molecule has 0 atom stereocenters. The Hall–Kier alpha value is -2.86. The highest BCUT2D eigenvalue weighted by molar-refractivity contribution is 6.30. The summed E-state index contributed by atoms with van der Waals surface area (Å²) in [6, 6.07) is 13.1. The minimum atomic E-state index is -0.473. The summed E-state index contributed by atoms with van der Waals surface area (Å²) in [6.07, 6.45) is 2.92. The second-order valence-corrected chi connectivity index (χ2v) is 5.68. The number of nitro benzene ring substituents is 1. The molecule has 0 spiro atoms. The smallest absolute Gasteiger partial charge is 0.270 e. The van der Waals surface area contributed by atoms with E-state index in [4.69, 9.17) is 16.3 Å². The Kier molecular flexibility index (Phi) is 6.54. The van der Waals surface area contributed by atoms with E-state index in [2.05, 4.69) is 0 Å². The van der Waals surface area contributed by atoms with Crippen molar-refractivity contribution in [2.75, 3.05) is 20.2 Å². The van der Waals surface area contributed by atoms with E-state index in [0.717, 1.165) is 0 Å². The first kappa shape index (κ1) is 18.5. The van der Waals surface area contributed by atoms with Crippen LogP contribution in [0.4, 0.5) is 5.69 Å². The maximum absolute atomic E-state index is 12.1. The number of nitrogens with zero attached hydrogens (tertiary/aromatic N) is 2. The number of likely N-dealkylation sites (N-methyl/N-ethyl adjacent to an activating group) is 1. The molecule has 6 nitrogen and oxygen atoms in total. The zero-order valence-corrected chi connectivity index (χ0v) is 14.3. The fourth-order valence-electron chi connectivity index (χ4n) is 1.98. The van der Waals surface area contributed by atoms with Gasteiger partial charge in [-0.2, -0.15) is 0 Å². The molecule has 0 aromatic heterocycles. The molecule has 130 valence electrons. The number of benzene rings is 2. The molecular formula is C18H17ClN2O4. The van der Waals surface area contributed by atoms with Crippen molar-refractivity contribution in [1.82, 2.24) is 4.90 Å². The molecule has 7 heteroatoms. The molecule has 0 aliphatic heterocycles. The molecule has 0 aliphatic rings. The summed E-state index contributed by atoms with van der Waals surface area (Å²) in [7, 11) is 1.66. The van der Waals surface area contributed by atoms with Crippen LogP contribution in [0.25, 0.3) is 6.08 Å². The second kappa shape index (κ2) is 8.84. The Morgan fingerprint density at radius 1 is 1.28 bits per heavy atom. The summed E-state index contributed by atoms with van der Waals surface area (Å²) in [6.45, 7) is 0.745. The zero-order chi connectivity index (χ0) is 18.2. The van der Waals surface area contributed by atoms with Crippen molar-refractivity contribution < 1.29 is 14.5 Å². The molecule has 1 amide bonds. The Morgan fingerprint density at radius 3 is 2.68 bits per heavy atom. The molecule has 0 aliphatic carbocycles. The molecule has 25 heavy (non-hydrogen) atoms. The number of halogens is 1. The first-order valence-electron chi connectivity index (χ1n) is 7.52. The van der Waals surface area contributed by atoms with Crippen LogP contribution in [0.3, 0.4) is 0 Å². The molecule has 2 aromatic rings. The largest absolute Gasteiger partial charge is 0.492 e. The fourth-order valence-corrected chi connectivity index (χ4v) is 2.10. The lowest BCUT2D eigenvalue weighted by Gasteiger charge is -2.15. The van der Waals surface area contributed by atoms with Crippen LogP contribution in [-0.4, -0.2) is 35.9 Å². The number of hydrogen-bond acceptors (Lipinski definition) is 4. The third-order valence-corrected chi connectivity index (χ3v) is 3.64. The molecule has 0 heterocycles. The number of rotatable bonds is 7. The second-order valence-electron chi connectivity index (χ2n) is 5.25. The Morgan fingerprint density at radius 2 is 2.00 bits per heavy atom. The van der Waals surface area contributed by atoms with Gasteiger partial charge in [0.15, 0.2) is 0 Å². The first-order valence-corrected chi connectivity index (χ1v) is 7.89. The van der Waals surface area contributed by atoms with Crippen LogP contribution in [-0.2, 0) is 4.79 Å². The number of carbonyl (C=O) groups excluding carboxylic acids is 1. The Labute approximate surface area is 150 Å². The summed E-state index contributed by atoms with van der Waals surface area (Å²) in [4.78, 5) is 23.8. The van der Waals surface area contributed by atoms with Crippen LogP contribution < -0.4 is 4.74 Å². The van der Waals surface area contributed by atoms with Crippen LogP contribution in [0.5, 0.6) is 5.75 Å². The van der Waals surface area contributed by atoms with Gasteiger partial charge in [0.05, 0.1) is 11.5 Å². The molecule has 0 saturated heterocycles. The molecular weight excluding hydrogens is 344 g/mol.